The lowest BCUT2D eigenvalue weighted by atomic mass is 9.94. The van der Waals surface area contributed by atoms with Crippen LogP contribution in [0.5, 0.6) is 5.75 Å². The van der Waals surface area contributed by atoms with E-state index in [0.29, 0.717) is 15.8 Å². The molecule has 1 heterocycles. The van der Waals surface area contributed by atoms with Crippen LogP contribution < -0.4 is 9.88 Å². The molecule has 4 rings (SSSR count). The van der Waals surface area contributed by atoms with Crippen LogP contribution in [-0.4, -0.2) is 37.5 Å². The van der Waals surface area contributed by atoms with Crippen LogP contribution in [0.15, 0.2) is 63.3 Å². The van der Waals surface area contributed by atoms with Crippen LogP contribution in [0.25, 0.3) is 6.08 Å². The fourth-order valence-electron chi connectivity index (χ4n) is 3.93. The lowest BCUT2D eigenvalue weighted by Crippen LogP contribution is -2.40. The van der Waals surface area contributed by atoms with E-state index in [9.17, 15) is 13.2 Å². The minimum absolute atomic E-state index is 0.0272. The largest absolute Gasteiger partial charge is 0.497 e. The summed E-state index contributed by atoms with van der Waals surface area (Å²) in [6.45, 7) is 0. The summed E-state index contributed by atoms with van der Waals surface area (Å²) in [5, 5.41) is 5.79. The summed E-state index contributed by atoms with van der Waals surface area (Å²) < 4.78 is 28.3. The Morgan fingerprint density at radius 2 is 1.84 bits per heavy atom. The maximum atomic E-state index is 13.4. The molecule has 2 fully saturated rings. The van der Waals surface area contributed by atoms with Crippen molar-refractivity contribution in [1.82, 2.24) is 4.90 Å². The molecule has 7 nitrogen and oxygen atoms in total. The summed E-state index contributed by atoms with van der Waals surface area (Å²) in [5.74, 6) is 0.674. The molecule has 2 aromatic carbocycles. The van der Waals surface area contributed by atoms with Crippen molar-refractivity contribution in [3.05, 3.63) is 59.0 Å². The molecular weight excluding hydrogens is 446 g/mol. The van der Waals surface area contributed by atoms with E-state index in [1.807, 2.05) is 35.2 Å². The van der Waals surface area contributed by atoms with Crippen LogP contribution in [-0.2, 0) is 14.8 Å². The van der Waals surface area contributed by atoms with Crippen LogP contribution in [0.1, 0.15) is 37.7 Å². The lowest BCUT2D eigenvalue weighted by molar-refractivity contribution is -0.124. The van der Waals surface area contributed by atoms with Crippen molar-refractivity contribution < 1.29 is 17.9 Å². The van der Waals surface area contributed by atoms with Gasteiger partial charge in [-0.1, -0.05) is 31.4 Å². The highest BCUT2D eigenvalue weighted by atomic mass is 32.2. The van der Waals surface area contributed by atoms with E-state index >= 15 is 0 Å². The van der Waals surface area contributed by atoms with E-state index in [-0.39, 0.29) is 16.8 Å². The first-order valence-corrected chi connectivity index (χ1v) is 12.8. The van der Waals surface area contributed by atoms with Gasteiger partial charge in [-0.25, -0.2) is 18.5 Å². The monoisotopic (exact) mass is 471 g/mol. The van der Waals surface area contributed by atoms with Crippen molar-refractivity contribution in [3.63, 3.8) is 0 Å². The standard InChI is InChI=1S/C23H25N3O4S2/c1-30-19-9-5-6-16(14-19)15-21-22(27)26(18-7-3-2-4-8-18)23(31-21)25-17-10-12-20(13-11-17)32(24,28)29/h5-6,9-15,18H,2-4,7-8H2,1H3,(H2,24,28,29). The molecule has 0 radical (unpaired) electrons. The zero-order chi connectivity index (χ0) is 22.7. The Hall–Kier alpha value is -2.62. The number of rotatable bonds is 5. The van der Waals surface area contributed by atoms with Gasteiger partial charge in [0, 0.05) is 6.04 Å². The summed E-state index contributed by atoms with van der Waals surface area (Å²) in [7, 11) is -2.16. The van der Waals surface area contributed by atoms with E-state index in [2.05, 4.69) is 0 Å². The number of aliphatic imine (C=N–C) groups is 1. The molecule has 1 aliphatic carbocycles. The van der Waals surface area contributed by atoms with Crippen LogP contribution >= 0.6 is 11.8 Å². The first-order chi connectivity index (χ1) is 15.3. The predicted molar refractivity (Wildman–Crippen MR) is 127 cm³/mol. The van der Waals surface area contributed by atoms with Gasteiger partial charge in [-0.3, -0.25) is 9.69 Å². The number of hydrogen-bond acceptors (Lipinski definition) is 6. The average Bonchev–Trinajstić information content (AvgIpc) is 3.08. The Morgan fingerprint density at radius 1 is 1.12 bits per heavy atom. The normalized spacial score (nSPS) is 20.3. The van der Waals surface area contributed by atoms with Crippen LogP contribution in [0.3, 0.4) is 0 Å². The van der Waals surface area contributed by atoms with Gasteiger partial charge >= 0.3 is 0 Å². The summed E-state index contributed by atoms with van der Waals surface area (Å²) in [5.41, 5.74) is 1.44. The molecular formula is C23H25N3O4S2. The summed E-state index contributed by atoms with van der Waals surface area (Å²) in [6.07, 6.45) is 7.11. The van der Waals surface area contributed by atoms with Gasteiger partial charge in [-0.05, 0) is 72.6 Å². The number of methoxy groups -OCH3 is 1. The predicted octanol–water partition coefficient (Wildman–Crippen LogP) is 4.28. The second-order valence-corrected chi connectivity index (χ2v) is 10.4. The molecule has 1 amide bonds. The second kappa shape index (κ2) is 9.48. The second-order valence-electron chi connectivity index (χ2n) is 7.79. The SMILES string of the molecule is COc1cccc(C=C2SC(=Nc3ccc(S(N)(=O)=O)cc3)N(C3CCCCC3)C2=O)c1. The van der Waals surface area contributed by atoms with Crippen LogP contribution in [0.4, 0.5) is 5.69 Å². The Kier molecular flexibility index (Phi) is 6.68. The lowest BCUT2D eigenvalue weighted by Gasteiger charge is -2.30. The third-order valence-corrected chi connectivity index (χ3v) is 7.47. The van der Waals surface area contributed by atoms with Gasteiger partial charge in [0.05, 0.1) is 22.6 Å². The van der Waals surface area contributed by atoms with Gasteiger partial charge in [0.1, 0.15) is 5.75 Å². The molecule has 2 aromatic rings. The van der Waals surface area contributed by atoms with Gasteiger partial charge < -0.3 is 4.74 Å². The van der Waals surface area contributed by atoms with Crippen LogP contribution in [0.2, 0.25) is 0 Å². The molecule has 0 bridgehead atoms. The van der Waals surface area contributed by atoms with E-state index in [1.165, 1.54) is 30.3 Å². The van der Waals surface area contributed by atoms with Gasteiger partial charge in [-0.2, -0.15) is 0 Å². The molecule has 0 spiro atoms. The highest BCUT2D eigenvalue weighted by Gasteiger charge is 2.38. The molecule has 1 saturated carbocycles. The van der Waals surface area contributed by atoms with Crippen LogP contribution in [0, 0.1) is 0 Å². The van der Waals surface area contributed by atoms with Gasteiger partial charge in [0.15, 0.2) is 5.17 Å². The molecule has 1 aliphatic heterocycles. The number of carbonyl (C=O) groups is 1. The molecule has 2 N–H and O–H groups in total. The number of nitrogens with zero attached hydrogens (tertiary/aromatic N) is 2. The first-order valence-electron chi connectivity index (χ1n) is 10.4. The Bertz CT molecular complexity index is 1170. The smallest absolute Gasteiger partial charge is 0.267 e. The number of primary sulfonamides is 1. The van der Waals surface area contributed by atoms with Crippen molar-refractivity contribution in [1.29, 1.82) is 0 Å². The fourth-order valence-corrected chi connectivity index (χ4v) is 5.50. The topological polar surface area (TPSA) is 102 Å². The van der Waals surface area contributed by atoms with Crippen molar-refractivity contribution >= 4 is 44.6 Å². The third-order valence-electron chi connectivity index (χ3n) is 5.56. The Labute approximate surface area is 192 Å². The molecule has 9 heteroatoms. The maximum Gasteiger partial charge on any atom is 0.267 e. The number of sulfonamides is 1. The third kappa shape index (κ3) is 5.06. The van der Waals surface area contributed by atoms with Crippen molar-refractivity contribution in [2.24, 2.45) is 10.1 Å². The number of thioether (sulfide) groups is 1. The highest BCUT2D eigenvalue weighted by molar-refractivity contribution is 8.18. The van der Waals surface area contributed by atoms with Crippen molar-refractivity contribution in [3.8, 4) is 5.75 Å². The first kappa shape index (κ1) is 22.6. The fraction of sp³-hybridized carbons (Fsp3) is 0.304. The molecule has 0 atom stereocenters. The maximum absolute atomic E-state index is 13.4. The molecule has 0 unspecified atom stereocenters. The zero-order valence-electron chi connectivity index (χ0n) is 17.7. The number of hydrogen-bond donors (Lipinski definition) is 1. The van der Waals surface area contributed by atoms with Crippen molar-refractivity contribution in [2.75, 3.05) is 7.11 Å². The molecule has 168 valence electrons. The van der Waals surface area contributed by atoms with Gasteiger partial charge in [0.25, 0.3) is 5.91 Å². The van der Waals surface area contributed by atoms with Gasteiger partial charge in [0.2, 0.25) is 10.0 Å². The van der Waals surface area contributed by atoms with E-state index in [0.717, 1.165) is 37.0 Å². The summed E-state index contributed by atoms with van der Waals surface area (Å²) in [6, 6.07) is 13.7. The number of benzene rings is 2. The zero-order valence-corrected chi connectivity index (χ0v) is 19.4. The number of nitrogens with two attached hydrogens (primary N) is 1. The number of amidine groups is 1. The number of ether oxygens (including phenoxy) is 1. The molecule has 32 heavy (non-hydrogen) atoms. The van der Waals surface area contributed by atoms with Crippen molar-refractivity contribution in [2.45, 2.75) is 43.0 Å². The molecule has 0 aromatic heterocycles. The van der Waals surface area contributed by atoms with E-state index in [4.69, 9.17) is 14.9 Å². The minimum Gasteiger partial charge on any atom is -0.497 e. The summed E-state index contributed by atoms with van der Waals surface area (Å²) >= 11 is 1.34. The molecule has 1 saturated heterocycles. The average molecular weight is 472 g/mol. The summed E-state index contributed by atoms with van der Waals surface area (Å²) in [4.78, 5) is 20.5. The van der Waals surface area contributed by atoms with Gasteiger partial charge in [-0.15, -0.1) is 0 Å². The number of carbonyl (C=O) groups excluding carboxylic acids is 1. The Balaban J connectivity index is 1.69. The molecule has 2 aliphatic rings. The minimum atomic E-state index is -3.77. The highest BCUT2D eigenvalue weighted by Crippen LogP contribution is 2.38. The quantitative estimate of drug-likeness (QED) is 0.656. The van der Waals surface area contributed by atoms with E-state index in [1.54, 1.807) is 19.2 Å². The number of amides is 1. The van der Waals surface area contributed by atoms with E-state index < -0.39 is 10.0 Å². The Morgan fingerprint density at radius 3 is 2.50 bits per heavy atom.